The van der Waals surface area contributed by atoms with E-state index in [9.17, 15) is 4.79 Å². The summed E-state index contributed by atoms with van der Waals surface area (Å²) in [4.78, 5) is 16.4. The predicted octanol–water partition coefficient (Wildman–Crippen LogP) is 2.79. The lowest BCUT2D eigenvalue weighted by atomic mass is 10.1. The number of piperazine rings is 1. The molecule has 0 saturated carbocycles. The summed E-state index contributed by atoms with van der Waals surface area (Å²) < 4.78 is 0. The highest BCUT2D eigenvalue weighted by Crippen LogP contribution is 2.27. The first-order valence-electron chi connectivity index (χ1n) is 8.29. The Bertz CT molecular complexity index is 655. The van der Waals surface area contributed by atoms with Crippen molar-refractivity contribution in [2.75, 3.05) is 32.1 Å². The Balaban J connectivity index is 1.59. The summed E-state index contributed by atoms with van der Waals surface area (Å²) in [5, 5.41) is 3.55. The van der Waals surface area contributed by atoms with Gasteiger partial charge >= 0.3 is 6.03 Å². The maximum atomic E-state index is 12.1. The normalized spacial score (nSPS) is 23.3. The van der Waals surface area contributed by atoms with Gasteiger partial charge in [0.25, 0.3) is 0 Å². The molecule has 0 unspecified atom stereocenters. The van der Waals surface area contributed by atoms with E-state index in [1.807, 2.05) is 29.2 Å². The summed E-state index contributed by atoms with van der Waals surface area (Å²) in [7, 11) is 0. The molecular weight excluding hydrogens is 345 g/mol. The zero-order valence-corrected chi connectivity index (χ0v) is 15.0. The van der Waals surface area contributed by atoms with Crippen molar-refractivity contribution in [1.82, 2.24) is 15.1 Å². The number of fused-ring (bicyclic) bond motifs is 1. The molecule has 0 spiro atoms. The van der Waals surface area contributed by atoms with Crippen LogP contribution in [0, 0.1) is 11.8 Å². The lowest BCUT2D eigenvalue weighted by Gasteiger charge is -2.38. The molecule has 2 aliphatic heterocycles. The number of nitrogens with zero attached hydrogens (tertiary/aromatic N) is 2. The molecule has 2 heterocycles. The highest BCUT2D eigenvalue weighted by molar-refractivity contribution is 6.30. The third-order valence-corrected chi connectivity index (χ3v) is 4.99. The number of hydrogen-bond acceptors (Lipinski definition) is 2. The Morgan fingerprint density at radius 1 is 1.33 bits per heavy atom. The number of hydrogen-bond donors (Lipinski definition) is 1. The van der Waals surface area contributed by atoms with Crippen molar-refractivity contribution >= 4 is 29.2 Å². The maximum absolute atomic E-state index is 12.1. The number of carbonyl (C=O) groups is 1. The summed E-state index contributed by atoms with van der Waals surface area (Å²) in [5.74, 6) is 7.06. The molecule has 2 fully saturated rings. The van der Waals surface area contributed by atoms with E-state index >= 15 is 0 Å². The van der Waals surface area contributed by atoms with Crippen LogP contribution in [0.3, 0.4) is 0 Å². The van der Waals surface area contributed by atoms with Gasteiger partial charge in [-0.2, -0.15) is 0 Å². The number of rotatable bonds is 2. The minimum absolute atomic E-state index is 0.0104. The Morgan fingerprint density at radius 3 is 3.00 bits per heavy atom. The van der Waals surface area contributed by atoms with Gasteiger partial charge < -0.3 is 10.2 Å². The van der Waals surface area contributed by atoms with Crippen LogP contribution in [0.25, 0.3) is 0 Å². The minimum Gasteiger partial charge on any atom is -0.337 e. The van der Waals surface area contributed by atoms with Crippen molar-refractivity contribution in [2.24, 2.45) is 0 Å². The lowest BCUT2D eigenvalue weighted by Crippen LogP contribution is -2.56. The maximum Gasteiger partial charge on any atom is 0.317 e. The number of benzene rings is 1. The van der Waals surface area contributed by atoms with Crippen LogP contribution in [0.5, 0.6) is 0 Å². The van der Waals surface area contributed by atoms with Gasteiger partial charge in [-0.3, -0.25) is 4.90 Å². The summed E-state index contributed by atoms with van der Waals surface area (Å²) in [6.45, 7) is 2.89. The molecule has 128 valence electrons. The quantitative estimate of drug-likeness (QED) is 0.646. The van der Waals surface area contributed by atoms with Gasteiger partial charge in [0.1, 0.15) is 0 Å². The smallest absolute Gasteiger partial charge is 0.317 e. The molecule has 2 saturated heterocycles. The fourth-order valence-electron chi connectivity index (χ4n) is 3.39. The fourth-order valence-corrected chi connectivity index (χ4v) is 3.68. The molecular formula is C18H21Cl2N3O. The average molecular weight is 366 g/mol. The van der Waals surface area contributed by atoms with E-state index in [-0.39, 0.29) is 12.1 Å². The van der Waals surface area contributed by atoms with Gasteiger partial charge in [0.2, 0.25) is 0 Å². The number of urea groups is 1. The molecule has 2 amide bonds. The molecule has 1 aromatic rings. The Labute approximate surface area is 153 Å². The van der Waals surface area contributed by atoms with E-state index in [0.717, 1.165) is 38.0 Å². The Hall–Kier alpha value is -1.41. The zero-order chi connectivity index (χ0) is 16.9. The summed E-state index contributed by atoms with van der Waals surface area (Å²) in [5.41, 5.74) is 0.949. The molecule has 1 N–H and O–H groups in total. The van der Waals surface area contributed by atoms with Crippen molar-refractivity contribution in [3.8, 4) is 11.8 Å². The third kappa shape index (κ3) is 4.16. The molecule has 24 heavy (non-hydrogen) atoms. The van der Waals surface area contributed by atoms with Crippen LogP contribution in [0.15, 0.2) is 24.3 Å². The van der Waals surface area contributed by atoms with Crippen LogP contribution in [-0.2, 0) is 0 Å². The molecule has 2 aliphatic rings. The van der Waals surface area contributed by atoms with Gasteiger partial charge in [-0.05, 0) is 31.0 Å². The van der Waals surface area contributed by atoms with Gasteiger partial charge in [-0.15, -0.1) is 11.6 Å². The second-order valence-electron chi connectivity index (χ2n) is 6.13. The largest absolute Gasteiger partial charge is 0.337 e. The molecule has 0 radical (unpaired) electrons. The number of alkyl halides is 1. The Morgan fingerprint density at radius 2 is 2.21 bits per heavy atom. The molecule has 0 aliphatic carbocycles. The summed E-state index contributed by atoms with van der Waals surface area (Å²) >= 11 is 11.6. The number of nitrogens with one attached hydrogen (secondary N) is 1. The van der Waals surface area contributed by atoms with Gasteiger partial charge in [-0.1, -0.05) is 29.5 Å². The van der Waals surface area contributed by atoms with E-state index in [1.54, 1.807) is 0 Å². The SMILES string of the molecule is O=C(NCCCl)N1CCN2[C@@H](CC[C@H]2C#Cc2cccc(Cl)c2)C1. The molecule has 1 aromatic carbocycles. The standard InChI is InChI=1S/C18H21Cl2N3O/c19-8-9-21-18(24)22-10-11-23-16(6-7-17(23)13-22)5-4-14-2-1-3-15(20)12-14/h1-3,12,16-17H,6-11,13H2,(H,21,24)/t16-,17+/m1/s1. The molecule has 0 bridgehead atoms. The predicted molar refractivity (Wildman–Crippen MR) is 97.5 cm³/mol. The first-order valence-corrected chi connectivity index (χ1v) is 9.20. The zero-order valence-electron chi connectivity index (χ0n) is 13.5. The van der Waals surface area contributed by atoms with Crippen molar-refractivity contribution in [3.63, 3.8) is 0 Å². The first-order chi connectivity index (χ1) is 11.7. The number of amides is 2. The molecule has 2 atom stereocenters. The second-order valence-corrected chi connectivity index (χ2v) is 6.95. The van der Waals surface area contributed by atoms with Crippen molar-refractivity contribution in [3.05, 3.63) is 34.9 Å². The molecule has 0 aromatic heterocycles. The van der Waals surface area contributed by atoms with Crippen molar-refractivity contribution < 1.29 is 4.79 Å². The van der Waals surface area contributed by atoms with Crippen molar-refractivity contribution in [1.29, 1.82) is 0 Å². The Kier molecular flexibility index (Phi) is 5.89. The highest BCUT2D eigenvalue weighted by Gasteiger charge is 2.37. The number of halogens is 2. The summed E-state index contributed by atoms with van der Waals surface area (Å²) in [6, 6.07) is 8.30. The van der Waals surface area contributed by atoms with Crippen LogP contribution >= 0.6 is 23.2 Å². The van der Waals surface area contributed by atoms with Crippen LogP contribution in [-0.4, -0.2) is 60.0 Å². The molecule has 6 heteroatoms. The van der Waals surface area contributed by atoms with Crippen LogP contribution < -0.4 is 5.32 Å². The topological polar surface area (TPSA) is 35.6 Å². The van der Waals surface area contributed by atoms with E-state index in [2.05, 4.69) is 22.1 Å². The van der Waals surface area contributed by atoms with Crippen LogP contribution in [0.2, 0.25) is 5.02 Å². The van der Waals surface area contributed by atoms with Crippen molar-refractivity contribution in [2.45, 2.75) is 24.9 Å². The second kappa shape index (κ2) is 8.11. The van der Waals surface area contributed by atoms with Gasteiger partial charge in [0.05, 0.1) is 6.04 Å². The lowest BCUT2D eigenvalue weighted by molar-refractivity contribution is 0.106. The van der Waals surface area contributed by atoms with Gasteiger partial charge in [0.15, 0.2) is 0 Å². The van der Waals surface area contributed by atoms with Crippen LogP contribution in [0.1, 0.15) is 18.4 Å². The van der Waals surface area contributed by atoms with E-state index in [0.29, 0.717) is 23.5 Å². The third-order valence-electron chi connectivity index (χ3n) is 4.57. The minimum atomic E-state index is -0.0104. The van der Waals surface area contributed by atoms with E-state index < -0.39 is 0 Å². The number of carbonyl (C=O) groups excluding carboxylic acids is 1. The average Bonchev–Trinajstić information content (AvgIpc) is 3.00. The van der Waals surface area contributed by atoms with Gasteiger partial charge in [-0.25, -0.2) is 4.79 Å². The fraction of sp³-hybridized carbons (Fsp3) is 0.500. The molecule has 4 nitrogen and oxygen atoms in total. The van der Waals surface area contributed by atoms with Gasteiger partial charge in [0, 0.05) is 48.7 Å². The highest BCUT2D eigenvalue weighted by atomic mass is 35.5. The van der Waals surface area contributed by atoms with E-state index in [1.165, 1.54) is 0 Å². The van der Waals surface area contributed by atoms with Crippen LogP contribution in [0.4, 0.5) is 4.79 Å². The monoisotopic (exact) mass is 365 g/mol. The van der Waals surface area contributed by atoms with E-state index in [4.69, 9.17) is 23.2 Å². The molecule has 3 rings (SSSR count). The first kappa shape index (κ1) is 17.4. The summed E-state index contributed by atoms with van der Waals surface area (Å²) in [6.07, 6.45) is 2.13.